The summed E-state index contributed by atoms with van der Waals surface area (Å²) in [6.07, 6.45) is 5.28. The number of aryl methyl sites for hydroxylation is 1. The standard InChI is InChI=1S/C57H67FN10O12/c1-9-57(78)39-24-44-50-37(27-68(44)54(76)38(39)29-79-55(57)77)36(35-23-31(4)40(58)25-42(35)62-50)26-66-28-43(64-65-66)33-14-16-34(17-15-33)60-51(73)32(5)59-53(75)49(30(2)3)63-52(74)41(18-21-48(72)80-56(6,7)8)61-45(69)13-11-10-12-22-67-46(70)19-20-47(67)71/h14-17,19-20,23-25,28,30,32,41,49,64-65,78H,9-13,18,21-22,26-27,29H2,1-8H3,(H,59,75)(H,60,73)(H,61,69)(H,63,74)/t32-,41-,49-,57-/m0/s1. The number of ether oxygens (including phenoxy) is 2. The largest absolute Gasteiger partial charge is 0.460 e. The van der Waals surface area contributed by atoms with Crippen molar-refractivity contribution in [1.29, 1.82) is 0 Å². The van der Waals surface area contributed by atoms with E-state index >= 15 is 4.39 Å². The Hall–Kier alpha value is -8.31. The lowest BCUT2D eigenvalue weighted by molar-refractivity contribution is -0.172. The lowest BCUT2D eigenvalue weighted by atomic mass is 9.86. The van der Waals surface area contributed by atoms with Crippen molar-refractivity contribution < 1.29 is 57.3 Å². The minimum absolute atomic E-state index is 0.0167. The first kappa shape index (κ1) is 57.9. The molecule has 0 spiro atoms. The Morgan fingerprint density at radius 2 is 1.61 bits per heavy atom. The number of pyridine rings is 2. The van der Waals surface area contributed by atoms with E-state index in [-0.39, 0.29) is 74.9 Å². The van der Waals surface area contributed by atoms with Crippen LogP contribution in [-0.2, 0) is 73.1 Å². The second-order valence-corrected chi connectivity index (χ2v) is 21.8. The van der Waals surface area contributed by atoms with Crippen molar-refractivity contribution in [2.45, 2.75) is 149 Å². The molecule has 0 aliphatic carbocycles. The van der Waals surface area contributed by atoms with E-state index in [1.165, 1.54) is 29.7 Å². The highest BCUT2D eigenvalue weighted by Crippen LogP contribution is 2.41. The van der Waals surface area contributed by atoms with Gasteiger partial charge in [0.05, 0.1) is 41.3 Å². The predicted molar refractivity (Wildman–Crippen MR) is 290 cm³/mol. The summed E-state index contributed by atoms with van der Waals surface area (Å²) < 4.78 is 27.3. The minimum Gasteiger partial charge on any atom is -0.460 e. The number of carbonyl (C=O) groups is 8. The zero-order valence-electron chi connectivity index (χ0n) is 46.0. The van der Waals surface area contributed by atoms with Gasteiger partial charge >= 0.3 is 11.9 Å². The number of cyclic esters (lactones) is 1. The molecular weight excluding hydrogens is 1040 g/mol. The van der Waals surface area contributed by atoms with E-state index < -0.39 is 82.2 Å². The van der Waals surface area contributed by atoms with Crippen LogP contribution in [-0.4, -0.2) is 102 Å². The molecule has 2 aromatic carbocycles. The number of esters is 2. The van der Waals surface area contributed by atoms with Gasteiger partial charge in [0.2, 0.25) is 23.6 Å². The predicted octanol–water partition coefficient (Wildman–Crippen LogP) is 4.03. The van der Waals surface area contributed by atoms with Crippen LogP contribution in [0.2, 0.25) is 0 Å². The van der Waals surface area contributed by atoms with E-state index in [0.717, 1.165) is 16.0 Å². The van der Waals surface area contributed by atoms with Crippen LogP contribution in [0.5, 0.6) is 0 Å². The first-order valence-corrected chi connectivity index (χ1v) is 26.7. The number of unbranched alkanes of at least 4 members (excludes halogenated alkanes) is 2. The van der Waals surface area contributed by atoms with Crippen molar-refractivity contribution in [1.82, 2.24) is 46.4 Å². The Labute approximate surface area is 460 Å². The smallest absolute Gasteiger partial charge is 0.343 e. The highest BCUT2D eigenvalue weighted by Gasteiger charge is 2.46. The normalized spacial score (nSPS) is 17.5. The van der Waals surface area contributed by atoms with Crippen LogP contribution < -0.4 is 37.8 Å². The number of rotatable bonds is 21. The molecule has 80 heavy (non-hydrogen) atoms. The summed E-state index contributed by atoms with van der Waals surface area (Å²) in [5.74, 6) is -5.54. The number of benzene rings is 2. The zero-order valence-corrected chi connectivity index (χ0v) is 46.0. The summed E-state index contributed by atoms with van der Waals surface area (Å²) in [5, 5.41) is 24.7. The highest BCUT2D eigenvalue weighted by molar-refractivity contribution is 6.12. The zero-order chi connectivity index (χ0) is 58.0. The number of amides is 6. The number of imide groups is 1. The van der Waals surface area contributed by atoms with Crippen LogP contribution in [0.4, 0.5) is 10.1 Å². The molecule has 22 nitrogen and oxygen atoms in total. The Bertz CT molecular complexity index is 3290. The molecule has 4 atom stereocenters. The molecule has 0 saturated heterocycles. The number of hydrogen-bond acceptors (Lipinski definition) is 16. The third-order valence-corrected chi connectivity index (χ3v) is 14.4. The molecule has 0 saturated carbocycles. The number of aromatic nitrogens is 2. The monoisotopic (exact) mass is 1100 g/mol. The van der Waals surface area contributed by atoms with Gasteiger partial charge in [-0.25, -0.2) is 14.2 Å². The molecule has 8 rings (SSSR count). The van der Waals surface area contributed by atoms with E-state index in [2.05, 4.69) is 32.2 Å². The fraction of sp³-hybridized carbons (Fsp3) is 0.439. The highest BCUT2D eigenvalue weighted by atomic mass is 19.1. The van der Waals surface area contributed by atoms with Gasteiger partial charge in [-0.15, -0.1) is 5.53 Å². The lowest BCUT2D eigenvalue weighted by Crippen LogP contribution is -2.57. The van der Waals surface area contributed by atoms with E-state index in [9.17, 15) is 48.3 Å². The second kappa shape index (κ2) is 23.6. The maximum Gasteiger partial charge on any atom is 0.343 e. The molecule has 6 heterocycles. The molecule has 4 aromatic rings. The van der Waals surface area contributed by atoms with E-state index in [4.69, 9.17) is 14.5 Å². The van der Waals surface area contributed by atoms with Gasteiger partial charge in [-0.3, -0.25) is 48.3 Å². The van der Waals surface area contributed by atoms with Gasteiger partial charge in [-0.2, -0.15) is 0 Å². The van der Waals surface area contributed by atoms with E-state index in [0.29, 0.717) is 64.1 Å². The number of hydrogen-bond donors (Lipinski definition) is 7. The number of hydrazine groups is 2. The number of nitrogens with zero attached hydrogens (tertiary/aromatic N) is 4. The molecule has 4 aliphatic heterocycles. The number of halogens is 1. The Kier molecular flexibility index (Phi) is 17.0. The second-order valence-electron chi connectivity index (χ2n) is 21.8. The Balaban J connectivity index is 0.890. The minimum atomic E-state index is -2.02. The van der Waals surface area contributed by atoms with Crippen molar-refractivity contribution in [3.63, 3.8) is 0 Å². The summed E-state index contributed by atoms with van der Waals surface area (Å²) in [6.45, 7) is 13.6. The number of carbonyl (C=O) groups excluding carboxylic acids is 8. The van der Waals surface area contributed by atoms with E-state index in [1.807, 2.05) is 6.20 Å². The topological polar surface area (TPSA) is 289 Å². The van der Waals surface area contributed by atoms with Crippen molar-refractivity contribution in [2.75, 3.05) is 11.9 Å². The maximum absolute atomic E-state index is 15.1. The summed E-state index contributed by atoms with van der Waals surface area (Å²) >= 11 is 0. The molecule has 424 valence electrons. The fourth-order valence-electron chi connectivity index (χ4n) is 9.94. The summed E-state index contributed by atoms with van der Waals surface area (Å²) in [4.78, 5) is 123. The third-order valence-electron chi connectivity index (χ3n) is 14.4. The average Bonchev–Trinajstić information content (AvgIpc) is 4.31. The number of aliphatic hydroxyl groups is 1. The molecule has 0 bridgehead atoms. The fourth-order valence-corrected chi connectivity index (χ4v) is 9.94. The molecule has 4 aliphatic rings. The molecule has 6 amide bonds. The molecule has 2 aromatic heterocycles. The molecule has 23 heteroatoms. The van der Waals surface area contributed by atoms with Crippen molar-refractivity contribution in [3.05, 3.63) is 110 Å². The van der Waals surface area contributed by atoms with Gasteiger partial charge in [0.25, 0.3) is 17.4 Å². The first-order chi connectivity index (χ1) is 37.8. The van der Waals surface area contributed by atoms with Gasteiger partial charge in [0.15, 0.2) is 5.60 Å². The number of fused-ring (bicyclic) bond motifs is 5. The van der Waals surface area contributed by atoms with Crippen LogP contribution in [0.25, 0.3) is 28.0 Å². The van der Waals surface area contributed by atoms with Crippen LogP contribution in [0.3, 0.4) is 0 Å². The lowest BCUT2D eigenvalue weighted by Gasteiger charge is -2.31. The summed E-state index contributed by atoms with van der Waals surface area (Å²) in [7, 11) is 0. The van der Waals surface area contributed by atoms with Crippen LogP contribution in [0.15, 0.2) is 65.6 Å². The van der Waals surface area contributed by atoms with Gasteiger partial charge in [-0.1, -0.05) is 39.3 Å². The molecule has 0 fully saturated rings. The van der Waals surface area contributed by atoms with Gasteiger partial charge < -0.3 is 45.8 Å². The number of nitrogens with one attached hydrogen (secondary N) is 6. The molecule has 7 N–H and O–H groups in total. The summed E-state index contributed by atoms with van der Waals surface area (Å²) in [6, 6.07) is 8.15. The average molecular weight is 1100 g/mol. The quantitative estimate of drug-likeness (QED) is 0.0310. The van der Waals surface area contributed by atoms with E-state index in [1.54, 1.807) is 89.9 Å². The van der Waals surface area contributed by atoms with Gasteiger partial charge in [0.1, 0.15) is 36.2 Å². The maximum atomic E-state index is 15.1. The molecule has 0 unspecified atom stereocenters. The number of anilines is 1. The van der Waals surface area contributed by atoms with Gasteiger partial charge in [-0.05, 0) is 102 Å². The first-order valence-electron chi connectivity index (χ1n) is 26.7. The van der Waals surface area contributed by atoms with Gasteiger partial charge in [0, 0.05) is 71.6 Å². The van der Waals surface area contributed by atoms with Crippen molar-refractivity contribution in [3.8, 4) is 11.4 Å². The SMILES string of the molecule is CC[C@@]1(O)C(=O)OCc2c1cc1n(c2=O)Cc2c-1nc1cc(F)c(C)cc1c2CN1C=C(c2ccc(NC(=O)[C@H](C)NC(=O)[C@@H](NC(=O)[C@H](CCC(=O)OC(C)(C)C)NC(=O)CCCCCN3C(=O)C=CC3=O)C(C)C)cc2)NN1. The Morgan fingerprint density at radius 3 is 2.29 bits per heavy atom. The van der Waals surface area contributed by atoms with Crippen LogP contribution in [0, 0.1) is 18.7 Å². The van der Waals surface area contributed by atoms with Crippen LogP contribution in [0.1, 0.15) is 127 Å². The van der Waals surface area contributed by atoms with Crippen molar-refractivity contribution >= 4 is 69.7 Å². The van der Waals surface area contributed by atoms with Crippen LogP contribution >= 0.6 is 0 Å². The Morgan fingerprint density at radius 1 is 0.900 bits per heavy atom. The molecular formula is C57H67FN10O12. The molecule has 0 radical (unpaired) electrons. The third kappa shape index (κ3) is 12.6. The summed E-state index contributed by atoms with van der Waals surface area (Å²) in [5.41, 5.74) is 8.28. The van der Waals surface area contributed by atoms with Crippen molar-refractivity contribution in [2.24, 2.45) is 5.92 Å².